The van der Waals surface area contributed by atoms with Crippen molar-refractivity contribution in [3.8, 4) is 6.07 Å². The van der Waals surface area contributed by atoms with Crippen LogP contribution in [0.4, 0.5) is 5.69 Å². The molecule has 1 aliphatic heterocycles. The lowest BCUT2D eigenvalue weighted by molar-refractivity contribution is 0.101. The molecule has 0 aromatic carbocycles. The fourth-order valence-corrected chi connectivity index (χ4v) is 5.44. The monoisotopic (exact) mass is 472 g/mol. The maximum Gasteiger partial charge on any atom is 0.252 e. The van der Waals surface area contributed by atoms with Crippen molar-refractivity contribution < 1.29 is 0 Å². The second-order valence-corrected chi connectivity index (χ2v) is 9.45. The average molecular weight is 473 g/mol. The highest BCUT2D eigenvalue weighted by molar-refractivity contribution is 5.88. The lowest BCUT2D eigenvalue weighted by atomic mass is 9.97. The molecule has 0 bridgehead atoms. The van der Waals surface area contributed by atoms with Crippen LogP contribution in [0.15, 0.2) is 47.8 Å². The molecule has 0 aliphatic carbocycles. The Morgan fingerprint density at radius 1 is 1.17 bits per heavy atom. The molecule has 3 atom stereocenters. The van der Waals surface area contributed by atoms with Gasteiger partial charge in [0.25, 0.3) is 5.56 Å². The van der Waals surface area contributed by atoms with E-state index >= 15 is 0 Å². The maximum atomic E-state index is 12.9. The minimum atomic E-state index is -0.0589. The summed E-state index contributed by atoms with van der Waals surface area (Å²) in [5.41, 5.74) is 4.57. The van der Waals surface area contributed by atoms with Crippen molar-refractivity contribution in [3.05, 3.63) is 58.9 Å². The number of rotatable bonds is 6. The summed E-state index contributed by atoms with van der Waals surface area (Å²) in [6, 6.07) is 8.94. The number of anilines is 1. The van der Waals surface area contributed by atoms with Crippen molar-refractivity contribution in [1.82, 2.24) is 28.6 Å². The van der Waals surface area contributed by atoms with Crippen LogP contribution in [-0.4, -0.2) is 53.8 Å². The molecule has 4 aromatic rings. The molecular weight excluding hydrogens is 440 g/mol. The third-order valence-corrected chi connectivity index (χ3v) is 7.55. The Kier molecular flexibility index (Phi) is 6.07. The van der Waals surface area contributed by atoms with Gasteiger partial charge in [-0.25, -0.2) is 4.98 Å². The van der Waals surface area contributed by atoms with Gasteiger partial charge in [-0.1, -0.05) is 19.9 Å². The third-order valence-electron chi connectivity index (χ3n) is 7.55. The van der Waals surface area contributed by atoms with E-state index in [1.165, 1.54) is 5.56 Å². The largest absolute Gasteiger partial charge is 0.364 e. The van der Waals surface area contributed by atoms with Gasteiger partial charge in [-0.3, -0.25) is 14.4 Å². The molecule has 182 valence electrons. The predicted octanol–water partition coefficient (Wildman–Crippen LogP) is 3.35. The summed E-state index contributed by atoms with van der Waals surface area (Å²) in [5.74, 6) is 0. The van der Waals surface area contributed by atoms with Gasteiger partial charge in [0.15, 0.2) is 0 Å². The van der Waals surface area contributed by atoms with E-state index in [-0.39, 0.29) is 24.2 Å². The molecule has 1 fully saturated rings. The predicted molar refractivity (Wildman–Crippen MR) is 136 cm³/mol. The van der Waals surface area contributed by atoms with Gasteiger partial charge in [0.2, 0.25) is 0 Å². The summed E-state index contributed by atoms with van der Waals surface area (Å²) < 4.78 is 5.31. The number of piperazine rings is 1. The van der Waals surface area contributed by atoms with Crippen LogP contribution in [0.25, 0.3) is 16.7 Å². The topological polar surface area (TPSA) is 87.4 Å². The standard InChI is InChI=1S/C26H32N8O/c1-5-20-16-34(22-13-25(35)30(4)23-17-32(11-9-27)29-26(22)23)21(6-2)15-33(20)18(3)19-7-8-24-28-10-12-31(24)14-19/h7-8,10,12-14,17-18,20-21H,5-6,11,15-16H2,1-4H3/t18-,20+,21-/m0/s1. The number of aryl methyl sites for hydroxylation is 1. The molecule has 0 amide bonds. The first-order chi connectivity index (χ1) is 16.9. The number of hydrogen-bond donors (Lipinski definition) is 0. The second-order valence-electron chi connectivity index (χ2n) is 9.45. The molecule has 9 heteroatoms. The van der Waals surface area contributed by atoms with Crippen molar-refractivity contribution in [2.24, 2.45) is 7.05 Å². The van der Waals surface area contributed by atoms with Gasteiger partial charge >= 0.3 is 0 Å². The van der Waals surface area contributed by atoms with E-state index in [2.05, 4.69) is 64.4 Å². The number of aromatic nitrogens is 5. The fraction of sp³-hybridized carbons (Fsp3) is 0.462. The van der Waals surface area contributed by atoms with E-state index in [1.807, 2.05) is 12.4 Å². The fourth-order valence-electron chi connectivity index (χ4n) is 5.44. The summed E-state index contributed by atoms with van der Waals surface area (Å²) in [6.45, 7) is 8.59. The Labute approximate surface area is 204 Å². The number of hydrogen-bond acceptors (Lipinski definition) is 6. The third kappa shape index (κ3) is 3.98. The highest BCUT2D eigenvalue weighted by atomic mass is 16.1. The Morgan fingerprint density at radius 3 is 2.71 bits per heavy atom. The van der Waals surface area contributed by atoms with Gasteiger partial charge in [-0.15, -0.1) is 0 Å². The Balaban J connectivity index is 1.51. The van der Waals surface area contributed by atoms with E-state index in [9.17, 15) is 4.79 Å². The molecular formula is C26H32N8O. The summed E-state index contributed by atoms with van der Waals surface area (Å²) in [6.07, 6.45) is 9.75. The van der Waals surface area contributed by atoms with E-state index in [0.717, 1.165) is 48.3 Å². The second kappa shape index (κ2) is 9.19. The van der Waals surface area contributed by atoms with Gasteiger partial charge in [-0.05, 0) is 31.4 Å². The Bertz CT molecular complexity index is 1460. The molecule has 35 heavy (non-hydrogen) atoms. The van der Waals surface area contributed by atoms with Gasteiger partial charge < -0.3 is 13.9 Å². The zero-order valence-electron chi connectivity index (χ0n) is 20.8. The minimum absolute atomic E-state index is 0.0589. The van der Waals surface area contributed by atoms with Gasteiger partial charge in [0.05, 0.1) is 23.5 Å². The maximum absolute atomic E-state index is 12.9. The lowest BCUT2D eigenvalue weighted by Crippen LogP contribution is -2.58. The number of imidazole rings is 1. The molecule has 1 aliphatic rings. The van der Waals surface area contributed by atoms with Crippen LogP contribution >= 0.6 is 0 Å². The SMILES string of the molecule is CC[C@H]1CN([C@@H](C)c2ccc3nccn3c2)[C@H](CC)CN1c1cc(=O)n(C)c2cn(CC#N)nc12. The average Bonchev–Trinajstić information content (AvgIpc) is 3.52. The number of nitriles is 1. The molecule has 0 spiro atoms. The first kappa shape index (κ1) is 23.1. The van der Waals surface area contributed by atoms with Crippen LogP contribution in [0.1, 0.15) is 45.2 Å². The van der Waals surface area contributed by atoms with Crippen molar-refractivity contribution in [3.63, 3.8) is 0 Å². The molecule has 5 rings (SSSR count). The molecule has 1 saturated heterocycles. The van der Waals surface area contributed by atoms with Crippen LogP contribution in [-0.2, 0) is 13.6 Å². The smallest absolute Gasteiger partial charge is 0.252 e. The van der Waals surface area contributed by atoms with Crippen LogP contribution in [0, 0.1) is 11.3 Å². The molecule has 0 unspecified atom stereocenters. The molecule has 5 heterocycles. The normalized spacial score (nSPS) is 19.9. The number of pyridine rings is 2. The van der Waals surface area contributed by atoms with Crippen molar-refractivity contribution in [2.45, 2.75) is 58.3 Å². The van der Waals surface area contributed by atoms with Crippen LogP contribution < -0.4 is 10.5 Å². The van der Waals surface area contributed by atoms with E-state index < -0.39 is 0 Å². The molecule has 9 nitrogen and oxygen atoms in total. The zero-order chi connectivity index (χ0) is 24.7. The zero-order valence-corrected chi connectivity index (χ0v) is 20.8. The van der Waals surface area contributed by atoms with Gasteiger partial charge in [0.1, 0.15) is 17.7 Å². The first-order valence-electron chi connectivity index (χ1n) is 12.3. The van der Waals surface area contributed by atoms with Crippen LogP contribution in [0.3, 0.4) is 0 Å². The summed E-state index contributed by atoms with van der Waals surface area (Å²) >= 11 is 0. The Hall–Kier alpha value is -3.64. The van der Waals surface area contributed by atoms with Crippen molar-refractivity contribution in [2.75, 3.05) is 18.0 Å². The van der Waals surface area contributed by atoms with Crippen LogP contribution in [0.2, 0.25) is 0 Å². The number of nitrogens with zero attached hydrogens (tertiary/aromatic N) is 8. The summed E-state index contributed by atoms with van der Waals surface area (Å²) in [5, 5.41) is 13.8. The molecule has 0 saturated carbocycles. The van der Waals surface area contributed by atoms with E-state index in [4.69, 9.17) is 10.4 Å². The lowest BCUT2D eigenvalue weighted by Gasteiger charge is -2.49. The molecule has 4 aromatic heterocycles. The van der Waals surface area contributed by atoms with Crippen molar-refractivity contribution >= 4 is 22.4 Å². The quantitative estimate of drug-likeness (QED) is 0.428. The number of fused-ring (bicyclic) bond motifs is 2. The van der Waals surface area contributed by atoms with E-state index in [0.29, 0.717) is 6.04 Å². The molecule has 0 N–H and O–H groups in total. The first-order valence-corrected chi connectivity index (χ1v) is 12.3. The molecule has 0 radical (unpaired) electrons. The Morgan fingerprint density at radius 2 is 1.97 bits per heavy atom. The van der Waals surface area contributed by atoms with Crippen LogP contribution in [0.5, 0.6) is 0 Å². The summed E-state index contributed by atoms with van der Waals surface area (Å²) in [7, 11) is 1.76. The van der Waals surface area contributed by atoms with Crippen molar-refractivity contribution in [1.29, 1.82) is 5.26 Å². The summed E-state index contributed by atoms with van der Waals surface area (Å²) in [4.78, 5) is 22.2. The van der Waals surface area contributed by atoms with Gasteiger partial charge in [-0.2, -0.15) is 10.4 Å². The highest BCUT2D eigenvalue weighted by Crippen LogP contribution is 2.34. The van der Waals surface area contributed by atoms with E-state index in [1.54, 1.807) is 28.6 Å². The highest BCUT2D eigenvalue weighted by Gasteiger charge is 2.36. The van der Waals surface area contributed by atoms with Gasteiger partial charge in [0, 0.05) is 62.9 Å². The minimum Gasteiger partial charge on any atom is -0.364 e.